The number of unbranched alkanes of at least 4 members (excludes halogenated alkanes) is 1. The molecule has 3 N–H and O–H groups in total. The van der Waals surface area contributed by atoms with Crippen LogP contribution in [0.1, 0.15) is 37.4 Å². The Labute approximate surface area is 144 Å². The van der Waals surface area contributed by atoms with E-state index >= 15 is 0 Å². The van der Waals surface area contributed by atoms with Crippen LogP contribution in [0.3, 0.4) is 0 Å². The second-order valence-electron chi connectivity index (χ2n) is 6.24. The fraction of sp³-hybridized carbons (Fsp3) is 0.333. The lowest BCUT2D eigenvalue weighted by atomic mass is 10.2. The van der Waals surface area contributed by atoms with E-state index in [9.17, 15) is 0 Å². The summed E-state index contributed by atoms with van der Waals surface area (Å²) in [5.41, 5.74) is 3.41. The number of rotatable bonds is 7. The van der Waals surface area contributed by atoms with Crippen molar-refractivity contribution in [2.24, 2.45) is 0 Å². The maximum Gasteiger partial charge on any atom is 0.139 e. The third-order valence-electron chi connectivity index (χ3n) is 4.43. The monoisotopic (exact) mass is 333 g/mol. The zero-order valence-corrected chi connectivity index (χ0v) is 13.8. The average molecular weight is 333 g/mol. The molecular formula is C18H19N7. The SMILES string of the molecule is N#CCCCN/C=C(\C=N)n1c(C2CC2)nc2cnc3[nH]ccc3c21. The molecule has 126 valence electrons. The summed E-state index contributed by atoms with van der Waals surface area (Å²) in [6.07, 6.45) is 10.4. The minimum absolute atomic E-state index is 0.448. The lowest BCUT2D eigenvalue weighted by Crippen LogP contribution is -2.12. The topological polar surface area (TPSA) is 106 Å². The van der Waals surface area contributed by atoms with Gasteiger partial charge in [0.05, 0.1) is 23.5 Å². The number of pyridine rings is 1. The molecule has 4 rings (SSSR count). The number of imidazole rings is 1. The van der Waals surface area contributed by atoms with Gasteiger partial charge >= 0.3 is 0 Å². The van der Waals surface area contributed by atoms with Crippen molar-refractivity contribution in [3.05, 3.63) is 30.5 Å². The van der Waals surface area contributed by atoms with Gasteiger partial charge in [-0.25, -0.2) is 9.97 Å². The molecule has 0 aliphatic heterocycles. The van der Waals surface area contributed by atoms with Crippen LogP contribution in [0.2, 0.25) is 0 Å². The van der Waals surface area contributed by atoms with E-state index < -0.39 is 0 Å². The molecule has 1 fully saturated rings. The predicted octanol–water partition coefficient (Wildman–Crippen LogP) is 3.13. The second kappa shape index (κ2) is 6.40. The smallest absolute Gasteiger partial charge is 0.139 e. The van der Waals surface area contributed by atoms with Crippen LogP contribution in [0, 0.1) is 16.7 Å². The van der Waals surface area contributed by atoms with Crippen LogP contribution in [-0.4, -0.2) is 32.3 Å². The molecular weight excluding hydrogens is 314 g/mol. The van der Waals surface area contributed by atoms with Gasteiger partial charge in [0.1, 0.15) is 17.0 Å². The highest BCUT2D eigenvalue weighted by Gasteiger charge is 2.31. The highest BCUT2D eigenvalue weighted by Crippen LogP contribution is 2.42. The van der Waals surface area contributed by atoms with Crippen molar-refractivity contribution < 1.29 is 0 Å². The summed E-state index contributed by atoms with van der Waals surface area (Å²) in [5, 5.41) is 20.7. The van der Waals surface area contributed by atoms with E-state index in [1.807, 2.05) is 18.5 Å². The molecule has 7 heteroatoms. The van der Waals surface area contributed by atoms with Crippen LogP contribution >= 0.6 is 0 Å². The lowest BCUT2D eigenvalue weighted by molar-refractivity contribution is 0.767. The fourth-order valence-corrected chi connectivity index (χ4v) is 3.08. The van der Waals surface area contributed by atoms with Gasteiger partial charge < -0.3 is 15.7 Å². The Morgan fingerprint density at radius 1 is 1.52 bits per heavy atom. The first-order valence-corrected chi connectivity index (χ1v) is 8.49. The maximum absolute atomic E-state index is 8.62. The highest BCUT2D eigenvalue weighted by molar-refractivity contribution is 6.09. The van der Waals surface area contributed by atoms with Crippen LogP contribution in [0.25, 0.3) is 27.8 Å². The summed E-state index contributed by atoms with van der Waals surface area (Å²) in [6, 6.07) is 4.14. The van der Waals surface area contributed by atoms with Gasteiger partial charge in [-0.05, 0) is 25.3 Å². The predicted molar refractivity (Wildman–Crippen MR) is 97.3 cm³/mol. The second-order valence-corrected chi connectivity index (χ2v) is 6.24. The van der Waals surface area contributed by atoms with E-state index in [1.54, 1.807) is 6.20 Å². The van der Waals surface area contributed by atoms with Crippen LogP contribution in [-0.2, 0) is 0 Å². The first kappa shape index (κ1) is 15.4. The standard InChI is InChI=1S/C18H19N7/c19-6-1-2-7-21-10-13(9-20)25-16-14-5-8-22-17(14)23-11-15(16)24-18(25)12-3-4-12/h5,8-12,20-21H,1-4,7H2,(H,22,23)/b13-10+,20-9?. The van der Waals surface area contributed by atoms with Crippen LogP contribution in [0.15, 0.2) is 24.7 Å². The van der Waals surface area contributed by atoms with Gasteiger partial charge in [0, 0.05) is 42.9 Å². The zero-order chi connectivity index (χ0) is 17.2. The number of nitriles is 1. The molecule has 0 spiro atoms. The minimum Gasteiger partial charge on any atom is -0.389 e. The Morgan fingerprint density at radius 3 is 3.16 bits per heavy atom. The van der Waals surface area contributed by atoms with Gasteiger partial charge in [0.2, 0.25) is 0 Å². The third kappa shape index (κ3) is 2.76. The number of nitrogens with one attached hydrogen (secondary N) is 3. The van der Waals surface area contributed by atoms with Crippen molar-refractivity contribution in [2.75, 3.05) is 6.54 Å². The first-order chi connectivity index (χ1) is 12.3. The van der Waals surface area contributed by atoms with Gasteiger partial charge in [0.25, 0.3) is 0 Å². The summed E-state index contributed by atoms with van der Waals surface area (Å²) in [5.74, 6) is 1.45. The number of H-pyrrole nitrogens is 1. The van der Waals surface area contributed by atoms with Crippen LogP contribution in [0.5, 0.6) is 0 Å². The molecule has 0 aromatic carbocycles. The summed E-state index contributed by atoms with van der Waals surface area (Å²) in [4.78, 5) is 12.4. The Bertz CT molecular complexity index is 998. The molecule has 3 heterocycles. The molecule has 3 aromatic heterocycles. The number of aromatic amines is 1. The number of hydrogen-bond donors (Lipinski definition) is 3. The summed E-state index contributed by atoms with van der Waals surface area (Å²) >= 11 is 0. The molecule has 1 aliphatic carbocycles. The van der Waals surface area contributed by atoms with Crippen molar-refractivity contribution >= 4 is 34.0 Å². The Hall–Kier alpha value is -3.14. The molecule has 7 nitrogen and oxygen atoms in total. The molecule has 25 heavy (non-hydrogen) atoms. The molecule has 1 saturated carbocycles. The summed E-state index contributed by atoms with van der Waals surface area (Å²) < 4.78 is 2.08. The molecule has 0 atom stereocenters. The molecule has 0 unspecified atom stereocenters. The van der Waals surface area contributed by atoms with Crippen molar-refractivity contribution in [2.45, 2.75) is 31.6 Å². The van der Waals surface area contributed by atoms with Crippen LogP contribution < -0.4 is 5.32 Å². The quantitative estimate of drug-likeness (QED) is 0.456. The zero-order valence-electron chi connectivity index (χ0n) is 13.8. The molecule has 1 aliphatic rings. The van der Waals surface area contributed by atoms with E-state index in [0.29, 0.717) is 18.9 Å². The van der Waals surface area contributed by atoms with E-state index in [4.69, 9.17) is 15.7 Å². The van der Waals surface area contributed by atoms with E-state index in [2.05, 4.69) is 25.9 Å². The van der Waals surface area contributed by atoms with Crippen molar-refractivity contribution in [1.82, 2.24) is 24.8 Å². The van der Waals surface area contributed by atoms with Gasteiger partial charge in [0.15, 0.2) is 0 Å². The fourth-order valence-electron chi connectivity index (χ4n) is 3.08. The summed E-state index contributed by atoms with van der Waals surface area (Å²) in [7, 11) is 0. The highest BCUT2D eigenvalue weighted by atomic mass is 15.1. The Morgan fingerprint density at radius 2 is 2.40 bits per heavy atom. The molecule has 0 saturated heterocycles. The average Bonchev–Trinajstić information content (AvgIpc) is 3.23. The van der Waals surface area contributed by atoms with Gasteiger partial charge in [-0.15, -0.1) is 0 Å². The molecule has 0 radical (unpaired) electrons. The van der Waals surface area contributed by atoms with Gasteiger partial charge in [-0.3, -0.25) is 4.57 Å². The number of allylic oxidation sites excluding steroid dienone is 1. The maximum atomic E-state index is 8.62. The summed E-state index contributed by atoms with van der Waals surface area (Å²) in [6.45, 7) is 0.706. The number of hydrogen-bond acceptors (Lipinski definition) is 5. The van der Waals surface area contributed by atoms with Gasteiger partial charge in [-0.2, -0.15) is 5.26 Å². The molecule has 0 bridgehead atoms. The molecule has 0 amide bonds. The molecule has 3 aromatic rings. The number of fused-ring (bicyclic) bond motifs is 3. The van der Waals surface area contributed by atoms with Gasteiger partial charge in [-0.1, -0.05) is 0 Å². The van der Waals surface area contributed by atoms with Crippen LogP contribution in [0.4, 0.5) is 0 Å². The third-order valence-corrected chi connectivity index (χ3v) is 4.43. The number of aromatic nitrogens is 4. The van der Waals surface area contributed by atoms with Crippen molar-refractivity contribution in [1.29, 1.82) is 10.7 Å². The largest absolute Gasteiger partial charge is 0.389 e. The van der Waals surface area contributed by atoms with E-state index in [0.717, 1.165) is 52.9 Å². The lowest BCUT2D eigenvalue weighted by Gasteiger charge is -2.10. The Balaban J connectivity index is 1.81. The van der Waals surface area contributed by atoms with Crippen molar-refractivity contribution in [3.63, 3.8) is 0 Å². The minimum atomic E-state index is 0.448. The first-order valence-electron chi connectivity index (χ1n) is 8.49. The normalized spacial score (nSPS) is 14.8. The van der Waals surface area contributed by atoms with E-state index in [-0.39, 0.29) is 0 Å². The van der Waals surface area contributed by atoms with Crippen molar-refractivity contribution in [3.8, 4) is 6.07 Å². The van der Waals surface area contributed by atoms with E-state index in [1.165, 1.54) is 6.21 Å². The Kier molecular flexibility index (Phi) is 3.94. The number of nitrogens with zero attached hydrogens (tertiary/aromatic N) is 4.